The van der Waals surface area contributed by atoms with Crippen molar-refractivity contribution in [1.29, 1.82) is 0 Å². The average Bonchev–Trinajstić information content (AvgIpc) is 2.92. The van der Waals surface area contributed by atoms with Gasteiger partial charge in [0.2, 0.25) is 0 Å². The zero-order valence-corrected chi connectivity index (χ0v) is 17.6. The smallest absolute Gasteiger partial charge is 0.274 e. The number of hydrogen-bond acceptors (Lipinski definition) is 3. The second kappa shape index (κ2) is 9.25. The van der Waals surface area contributed by atoms with E-state index in [1.807, 2.05) is 9.58 Å². The third-order valence-electron chi connectivity index (χ3n) is 6.32. The maximum Gasteiger partial charge on any atom is 0.274 e. The van der Waals surface area contributed by atoms with Gasteiger partial charge >= 0.3 is 0 Å². The van der Waals surface area contributed by atoms with Crippen LogP contribution in [0.15, 0.2) is 18.2 Å². The second-order valence-corrected chi connectivity index (χ2v) is 8.37. The molecule has 2 aliphatic rings. The predicted molar refractivity (Wildman–Crippen MR) is 111 cm³/mol. The molecule has 7 heteroatoms. The molecule has 30 heavy (non-hydrogen) atoms. The molecular weight excluding hydrogens is 386 g/mol. The van der Waals surface area contributed by atoms with Crippen LogP contribution in [-0.2, 0) is 25.9 Å². The summed E-state index contributed by atoms with van der Waals surface area (Å²) in [5, 5.41) is 8.15. The lowest BCUT2D eigenvalue weighted by Gasteiger charge is -2.25. The largest absolute Gasteiger partial charge is 0.337 e. The van der Waals surface area contributed by atoms with Gasteiger partial charge in [-0.3, -0.25) is 9.48 Å². The lowest BCUT2D eigenvalue weighted by atomic mass is 9.91. The average molecular weight is 417 g/mol. The third kappa shape index (κ3) is 4.41. The van der Waals surface area contributed by atoms with E-state index in [9.17, 15) is 13.6 Å². The van der Waals surface area contributed by atoms with Gasteiger partial charge < -0.3 is 10.2 Å². The quantitative estimate of drug-likeness (QED) is 0.806. The second-order valence-electron chi connectivity index (χ2n) is 8.37. The van der Waals surface area contributed by atoms with Gasteiger partial charge in [0.15, 0.2) is 17.3 Å². The molecule has 2 aromatic rings. The molecule has 0 radical (unpaired) electrons. The van der Waals surface area contributed by atoms with E-state index in [1.165, 1.54) is 24.6 Å². The van der Waals surface area contributed by atoms with Crippen LogP contribution in [-0.4, -0.2) is 39.7 Å². The number of fused-ring (bicyclic) bond motifs is 1. The molecule has 0 spiro atoms. The minimum Gasteiger partial charge on any atom is -0.337 e. The molecule has 1 aliphatic carbocycles. The van der Waals surface area contributed by atoms with E-state index in [0.717, 1.165) is 63.4 Å². The van der Waals surface area contributed by atoms with Crippen molar-refractivity contribution >= 4 is 5.91 Å². The number of carbonyl (C=O) groups is 1. The topological polar surface area (TPSA) is 50.2 Å². The molecule has 1 N–H and O–H groups in total. The number of nitrogens with zero attached hydrogens (tertiary/aromatic N) is 3. The Morgan fingerprint density at radius 2 is 1.93 bits per heavy atom. The van der Waals surface area contributed by atoms with Crippen molar-refractivity contribution < 1.29 is 13.6 Å². The Kier molecular flexibility index (Phi) is 6.46. The SMILES string of the molecule is CCn1nc(C(=O)N2CCCCCC2)c2c1CC[C@@H](NCc1ccc(F)c(F)c1)C2. The van der Waals surface area contributed by atoms with Crippen molar-refractivity contribution in [2.75, 3.05) is 13.1 Å². The molecule has 1 aromatic heterocycles. The highest BCUT2D eigenvalue weighted by Crippen LogP contribution is 2.27. The van der Waals surface area contributed by atoms with Gasteiger partial charge in [-0.25, -0.2) is 8.78 Å². The lowest BCUT2D eigenvalue weighted by Crippen LogP contribution is -2.36. The number of hydrogen-bond donors (Lipinski definition) is 1. The monoisotopic (exact) mass is 416 g/mol. The summed E-state index contributed by atoms with van der Waals surface area (Å²) in [4.78, 5) is 15.2. The molecular formula is C23H30F2N4O. The number of likely N-dealkylation sites (tertiary alicyclic amines) is 1. The van der Waals surface area contributed by atoms with Crippen LogP contribution >= 0.6 is 0 Å². The first kappa shape index (κ1) is 21.0. The summed E-state index contributed by atoms with van der Waals surface area (Å²) in [5.41, 5.74) is 3.54. The van der Waals surface area contributed by atoms with Crippen molar-refractivity contribution in [1.82, 2.24) is 20.0 Å². The first-order chi connectivity index (χ1) is 14.6. The zero-order chi connectivity index (χ0) is 21.1. The third-order valence-corrected chi connectivity index (χ3v) is 6.32. The van der Waals surface area contributed by atoms with E-state index in [1.54, 1.807) is 6.07 Å². The molecule has 0 unspecified atom stereocenters. The molecule has 4 rings (SSSR count). The van der Waals surface area contributed by atoms with Crippen LogP contribution in [0.1, 0.15) is 66.3 Å². The normalized spacial score (nSPS) is 19.4. The van der Waals surface area contributed by atoms with Gasteiger partial charge in [0, 0.05) is 43.5 Å². The Labute approximate surface area is 176 Å². The fourth-order valence-corrected chi connectivity index (χ4v) is 4.63. The number of amides is 1. The van der Waals surface area contributed by atoms with Crippen molar-refractivity contribution in [3.63, 3.8) is 0 Å². The highest BCUT2D eigenvalue weighted by atomic mass is 19.2. The van der Waals surface area contributed by atoms with Crippen LogP contribution in [0.4, 0.5) is 8.78 Å². The molecule has 1 fully saturated rings. The van der Waals surface area contributed by atoms with Gasteiger partial charge in [0.25, 0.3) is 5.91 Å². The van der Waals surface area contributed by atoms with Gasteiger partial charge in [-0.15, -0.1) is 0 Å². The van der Waals surface area contributed by atoms with Gasteiger partial charge in [0.05, 0.1) is 0 Å². The summed E-state index contributed by atoms with van der Waals surface area (Å²) >= 11 is 0. The Bertz CT molecular complexity index is 903. The number of aryl methyl sites for hydroxylation is 1. The zero-order valence-electron chi connectivity index (χ0n) is 17.6. The number of benzene rings is 1. The van der Waals surface area contributed by atoms with E-state index in [-0.39, 0.29) is 11.9 Å². The van der Waals surface area contributed by atoms with Crippen molar-refractivity contribution in [3.8, 4) is 0 Å². The Balaban J connectivity index is 1.49. The molecule has 1 atom stereocenters. The summed E-state index contributed by atoms with van der Waals surface area (Å²) in [6.45, 7) is 4.90. The van der Waals surface area contributed by atoms with Crippen LogP contribution in [0.2, 0.25) is 0 Å². The van der Waals surface area contributed by atoms with Gasteiger partial charge in [0.1, 0.15) is 0 Å². The fraction of sp³-hybridized carbons (Fsp3) is 0.565. The number of nitrogens with one attached hydrogen (secondary N) is 1. The number of halogens is 2. The minimum atomic E-state index is -0.829. The van der Waals surface area contributed by atoms with Crippen LogP contribution < -0.4 is 5.32 Å². The van der Waals surface area contributed by atoms with Crippen LogP contribution in [0.5, 0.6) is 0 Å². The molecule has 1 aliphatic heterocycles. The van der Waals surface area contributed by atoms with Gasteiger partial charge in [-0.2, -0.15) is 5.10 Å². The van der Waals surface area contributed by atoms with Gasteiger partial charge in [-0.05, 0) is 56.7 Å². The summed E-state index contributed by atoms with van der Waals surface area (Å²) in [7, 11) is 0. The van der Waals surface area contributed by atoms with Gasteiger partial charge in [-0.1, -0.05) is 18.9 Å². The van der Waals surface area contributed by atoms with E-state index in [0.29, 0.717) is 17.8 Å². The Morgan fingerprint density at radius 3 is 2.63 bits per heavy atom. The highest BCUT2D eigenvalue weighted by molar-refractivity contribution is 5.94. The van der Waals surface area contributed by atoms with Crippen LogP contribution in [0.25, 0.3) is 0 Å². The molecule has 1 amide bonds. The number of carbonyl (C=O) groups excluding carboxylic acids is 1. The molecule has 162 valence electrons. The van der Waals surface area contributed by atoms with E-state index < -0.39 is 11.6 Å². The number of aromatic nitrogens is 2. The summed E-state index contributed by atoms with van der Waals surface area (Å²) in [5.74, 6) is -1.60. The molecule has 5 nitrogen and oxygen atoms in total. The fourth-order valence-electron chi connectivity index (χ4n) is 4.63. The lowest BCUT2D eigenvalue weighted by molar-refractivity contribution is 0.0753. The maximum atomic E-state index is 13.5. The van der Waals surface area contributed by atoms with E-state index in [2.05, 4.69) is 12.2 Å². The minimum absolute atomic E-state index is 0.0570. The summed E-state index contributed by atoms with van der Waals surface area (Å²) in [6, 6.07) is 4.17. The maximum absolute atomic E-state index is 13.5. The van der Waals surface area contributed by atoms with Crippen molar-refractivity contribution in [2.45, 2.75) is 71.0 Å². The van der Waals surface area contributed by atoms with Crippen molar-refractivity contribution in [3.05, 3.63) is 52.3 Å². The Hall–Kier alpha value is -2.28. The summed E-state index contributed by atoms with van der Waals surface area (Å²) in [6.07, 6.45) is 7.00. The molecule has 1 saturated heterocycles. The highest BCUT2D eigenvalue weighted by Gasteiger charge is 2.31. The molecule has 0 bridgehead atoms. The molecule has 2 heterocycles. The van der Waals surface area contributed by atoms with E-state index >= 15 is 0 Å². The summed E-state index contributed by atoms with van der Waals surface area (Å²) < 4.78 is 28.6. The van der Waals surface area contributed by atoms with Crippen LogP contribution in [0, 0.1) is 11.6 Å². The molecule has 0 saturated carbocycles. The molecule has 1 aromatic carbocycles. The van der Waals surface area contributed by atoms with E-state index in [4.69, 9.17) is 5.10 Å². The first-order valence-electron chi connectivity index (χ1n) is 11.1. The van der Waals surface area contributed by atoms with Crippen LogP contribution in [0.3, 0.4) is 0 Å². The Morgan fingerprint density at radius 1 is 1.17 bits per heavy atom. The van der Waals surface area contributed by atoms with Crippen molar-refractivity contribution in [2.24, 2.45) is 0 Å². The first-order valence-corrected chi connectivity index (χ1v) is 11.1. The standard InChI is InChI=1S/C23H30F2N4O/c1-2-29-21-10-8-17(26-15-16-7-9-19(24)20(25)13-16)14-18(21)22(27-29)23(30)28-11-5-3-4-6-12-28/h7,9,13,17,26H,2-6,8,10-12,14-15H2,1H3/t17-/m1/s1. The predicted octanol–water partition coefficient (Wildman–Crippen LogP) is 3.84. The number of rotatable bonds is 5.